The number of ether oxygens (including phenoxy) is 3. The van der Waals surface area contributed by atoms with E-state index in [0.717, 1.165) is 12.0 Å². The Morgan fingerprint density at radius 2 is 1.86 bits per heavy atom. The highest BCUT2D eigenvalue weighted by Gasteiger charge is 2.35. The average Bonchev–Trinajstić information content (AvgIpc) is 3.18. The molecule has 0 aromatic heterocycles. The van der Waals surface area contributed by atoms with Crippen LogP contribution in [0.1, 0.15) is 18.1 Å². The number of nitrogens with zero attached hydrogens (tertiary/aromatic N) is 1. The molecule has 4 rings (SSSR count). The van der Waals surface area contributed by atoms with Gasteiger partial charge in [-0.2, -0.15) is 0 Å². The molecule has 148 valence electrons. The molecule has 0 aliphatic carbocycles. The summed E-state index contributed by atoms with van der Waals surface area (Å²) in [5.41, 5.74) is 2.18. The zero-order valence-electron chi connectivity index (χ0n) is 15.9. The maximum absolute atomic E-state index is 13.2. The molecule has 29 heavy (non-hydrogen) atoms. The molecule has 2 aliphatic rings. The minimum Gasteiger partial charge on any atom is -0.496 e. The molecule has 1 saturated heterocycles. The Bertz CT molecular complexity index is 1050. The van der Waals surface area contributed by atoms with E-state index in [9.17, 15) is 9.59 Å². The predicted molar refractivity (Wildman–Crippen MR) is 111 cm³/mol. The first-order valence-electron chi connectivity index (χ1n) is 9.00. The summed E-state index contributed by atoms with van der Waals surface area (Å²) in [7, 11) is 1.50. The number of aryl methyl sites for hydroxylation is 1. The Kier molecular flexibility index (Phi) is 4.94. The summed E-state index contributed by atoms with van der Waals surface area (Å²) >= 11 is 5.24. The molecule has 2 aromatic carbocycles. The number of hydrogen-bond donors (Lipinski definition) is 1. The van der Waals surface area contributed by atoms with Crippen LogP contribution in [-0.2, 0) is 16.0 Å². The Morgan fingerprint density at radius 3 is 2.52 bits per heavy atom. The lowest BCUT2D eigenvalue weighted by Crippen LogP contribution is -2.54. The number of methoxy groups -OCH3 is 1. The van der Waals surface area contributed by atoms with E-state index >= 15 is 0 Å². The highest BCUT2D eigenvalue weighted by atomic mass is 32.1. The molecule has 2 heterocycles. The van der Waals surface area contributed by atoms with Gasteiger partial charge in [-0.25, -0.2) is 0 Å². The molecule has 2 amide bonds. The van der Waals surface area contributed by atoms with Crippen molar-refractivity contribution in [3.8, 4) is 17.2 Å². The van der Waals surface area contributed by atoms with Crippen LogP contribution in [0.4, 0.5) is 5.69 Å². The number of benzene rings is 2. The van der Waals surface area contributed by atoms with Gasteiger partial charge in [-0.1, -0.05) is 19.1 Å². The second-order valence-electron chi connectivity index (χ2n) is 6.43. The van der Waals surface area contributed by atoms with E-state index in [1.807, 2.05) is 19.1 Å². The summed E-state index contributed by atoms with van der Waals surface area (Å²) in [5, 5.41) is 2.62. The molecule has 1 N–H and O–H groups in total. The van der Waals surface area contributed by atoms with Crippen LogP contribution < -0.4 is 24.4 Å². The van der Waals surface area contributed by atoms with Crippen molar-refractivity contribution in [3.63, 3.8) is 0 Å². The maximum atomic E-state index is 13.2. The van der Waals surface area contributed by atoms with Gasteiger partial charge in [-0.3, -0.25) is 19.8 Å². The zero-order valence-corrected chi connectivity index (χ0v) is 16.7. The van der Waals surface area contributed by atoms with Gasteiger partial charge in [0.25, 0.3) is 11.8 Å². The first-order chi connectivity index (χ1) is 14.0. The van der Waals surface area contributed by atoms with Gasteiger partial charge < -0.3 is 14.2 Å². The third-order valence-electron chi connectivity index (χ3n) is 4.73. The first kappa shape index (κ1) is 18.9. The van der Waals surface area contributed by atoms with E-state index in [1.165, 1.54) is 18.1 Å². The van der Waals surface area contributed by atoms with Crippen molar-refractivity contribution >= 4 is 40.9 Å². The summed E-state index contributed by atoms with van der Waals surface area (Å²) in [4.78, 5) is 27.0. The van der Waals surface area contributed by atoms with Crippen LogP contribution in [0.25, 0.3) is 6.08 Å². The van der Waals surface area contributed by atoms with Gasteiger partial charge in [0.05, 0.1) is 12.8 Å². The summed E-state index contributed by atoms with van der Waals surface area (Å²) in [6.07, 6.45) is 2.35. The topological polar surface area (TPSA) is 77.1 Å². The van der Waals surface area contributed by atoms with E-state index in [-0.39, 0.29) is 17.5 Å². The fourth-order valence-electron chi connectivity index (χ4n) is 3.16. The van der Waals surface area contributed by atoms with Crippen LogP contribution in [0.5, 0.6) is 17.2 Å². The standard InChI is InChI=1S/C21H18N2O5S/c1-3-12-4-6-14(7-5-12)23-20(25)15(19(24)22-21(23)29)8-13-9-17-18(28-11-27-17)10-16(13)26-2/h4-10H,3,11H2,1-2H3,(H,22,24,29). The number of amides is 2. The third-order valence-corrected chi connectivity index (χ3v) is 5.01. The Hall–Kier alpha value is -3.39. The fourth-order valence-corrected chi connectivity index (χ4v) is 3.44. The van der Waals surface area contributed by atoms with Crippen LogP contribution in [-0.4, -0.2) is 30.8 Å². The number of fused-ring (bicyclic) bond motifs is 1. The molecular formula is C21H18N2O5S. The first-order valence-corrected chi connectivity index (χ1v) is 9.40. The van der Waals surface area contributed by atoms with Crippen LogP contribution in [0.3, 0.4) is 0 Å². The molecule has 0 unspecified atom stereocenters. The lowest BCUT2D eigenvalue weighted by atomic mass is 10.0. The number of hydrogen-bond acceptors (Lipinski definition) is 6. The number of carbonyl (C=O) groups is 2. The molecule has 0 saturated carbocycles. The largest absolute Gasteiger partial charge is 0.496 e. The van der Waals surface area contributed by atoms with E-state index in [1.54, 1.807) is 24.3 Å². The van der Waals surface area contributed by atoms with Crippen LogP contribution in [0.2, 0.25) is 0 Å². The van der Waals surface area contributed by atoms with Gasteiger partial charge in [0.2, 0.25) is 6.79 Å². The van der Waals surface area contributed by atoms with Gasteiger partial charge in [0.15, 0.2) is 16.6 Å². The van der Waals surface area contributed by atoms with Gasteiger partial charge in [0.1, 0.15) is 11.3 Å². The molecule has 0 bridgehead atoms. The van der Waals surface area contributed by atoms with E-state index < -0.39 is 11.8 Å². The fraction of sp³-hybridized carbons (Fsp3) is 0.190. The molecule has 0 atom stereocenters. The van der Waals surface area contributed by atoms with Gasteiger partial charge in [-0.15, -0.1) is 0 Å². The zero-order chi connectivity index (χ0) is 20.5. The minimum absolute atomic E-state index is 0.0408. The number of anilines is 1. The maximum Gasteiger partial charge on any atom is 0.270 e. The molecule has 2 aliphatic heterocycles. The van der Waals surface area contributed by atoms with Gasteiger partial charge >= 0.3 is 0 Å². The van der Waals surface area contributed by atoms with Crippen LogP contribution in [0, 0.1) is 0 Å². The smallest absolute Gasteiger partial charge is 0.270 e. The summed E-state index contributed by atoms with van der Waals surface area (Å²) in [5.74, 6) is 0.435. The number of nitrogens with one attached hydrogen (secondary N) is 1. The van der Waals surface area contributed by atoms with E-state index in [4.69, 9.17) is 26.4 Å². The number of carbonyl (C=O) groups excluding carboxylic acids is 2. The average molecular weight is 410 g/mol. The monoisotopic (exact) mass is 410 g/mol. The minimum atomic E-state index is -0.568. The van der Waals surface area contributed by atoms with Crippen molar-refractivity contribution in [2.45, 2.75) is 13.3 Å². The molecule has 0 radical (unpaired) electrons. The van der Waals surface area contributed by atoms with E-state index in [0.29, 0.717) is 28.5 Å². The summed E-state index contributed by atoms with van der Waals surface area (Å²) in [6.45, 7) is 2.15. The second-order valence-corrected chi connectivity index (χ2v) is 6.81. The summed E-state index contributed by atoms with van der Waals surface area (Å²) < 4.78 is 16.1. The van der Waals surface area contributed by atoms with Crippen molar-refractivity contribution in [1.29, 1.82) is 0 Å². The van der Waals surface area contributed by atoms with Gasteiger partial charge in [-0.05, 0) is 48.5 Å². The second kappa shape index (κ2) is 7.56. The van der Waals surface area contributed by atoms with Gasteiger partial charge in [0, 0.05) is 11.6 Å². The van der Waals surface area contributed by atoms with Crippen molar-refractivity contribution < 1.29 is 23.8 Å². The molecule has 1 fully saturated rings. The predicted octanol–water partition coefficient (Wildman–Crippen LogP) is 2.82. The normalized spacial score (nSPS) is 17.0. The Labute approximate surface area is 172 Å². The summed E-state index contributed by atoms with van der Waals surface area (Å²) in [6, 6.07) is 10.8. The molecule has 2 aromatic rings. The highest BCUT2D eigenvalue weighted by molar-refractivity contribution is 7.80. The number of thiocarbonyl (C=S) groups is 1. The SMILES string of the molecule is CCc1ccc(N2C(=O)C(=Cc3cc4c(cc3OC)OCO4)C(=O)NC2=S)cc1. The quantitative estimate of drug-likeness (QED) is 0.475. The molecule has 7 nitrogen and oxygen atoms in total. The molecule has 0 spiro atoms. The van der Waals surface area contributed by atoms with Crippen molar-refractivity contribution in [2.75, 3.05) is 18.8 Å². The number of rotatable bonds is 4. The van der Waals surface area contributed by atoms with Crippen molar-refractivity contribution in [3.05, 3.63) is 53.1 Å². The van der Waals surface area contributed by atoms with E-state index in [2.05, 4.69) is 5.32 Å². The highest BCUT2D eigenvalue weighted by Crippen LogP contribution is 2.39. The lowest BCUT2D eigenvalue weighted by molar-refractivity contribution is -0.122. The third kappa shape index (κ3) is 3.42. The Balaban J connectivity index is 1.74. The van der Waals surface area contributed by atoms with Crippen molar-refractivity contribution in [2.24, 2.45) is 0 Å². The Morgan fingerprint density at radius 1 is 1.17 bits per heavy atom. The van der Waals surface area contributed by atoms with Crippen LogP contribution in [0.15, 0.2) is 42.0 Å². The van der Waals surface area contributed by atoms with Crippen LogP contribution >= 0.6 is 12.2 Å². The molecular weight excluding hydrogens is 392 g/mol. The van der Waals surface area contributed by atoms with Crippen molar-refractivity contribution in [1.82, 2.24) is 5.32 Å². The lowest BCUT2D eigenvalue weighted by Gasteiger charge is -2.29. The molecule has 8 heteroatoms.